The zero-order valence-electron chi connectivity index (χ0n) is 40.2. The Morgan fingerprint density at radius 1 is 0.534 bits per heavy atom. The number of Topliss-reactive ketones (excluding diaryl/α,β-unsaturated/α-hetero) is 2. The molecule has 0 aliphatic rings. The van der Waals surface area contributed by atoms with Gasteiger partial charge in [0.2, 0.25) is 0 Å². The van der Waals surface area contributed by atoms with Crippen LogP contribution in [0.4, 0.5) is 0 Å². The van der Waals surface area contributed by atoms with Crippen molar-refractivity contribution in [2.75, 3.05) is 13.7 Å². The third-order valence-corrected chi connectivity index (χ3v) is 9.77. The molecule has 58 heavy (non-hydrogen) atoms. The van der Waals surface area contributed by atoms with Crippen molar-refractivity contribution in [2.45, 2.75) is 255 Å². The highest BCUT2D eigenvalue weighted by Gasteiger charge is 2.25. The van der Waals surface area contributed by atoms with Crippen molar-refractivity contribution >= 4 is 29.5 Å². The molecule has 0 aromatic heterocycles. The minimum atomic E-state index is -0.642. The first kappa shape index (κ1) is 62.4. The first-order valence-electron chi connectivity index (χ1n) is 23.6. The van der Waals surface area contributed by atoms with Crippen LogP contribution < -0.4 is 0 Å². The molecule has 0 bridgehead atoms. The fraction of sp³-hybridized carbons (Fsp3) is 0.898. The van der Waals surface area contributed by atoms with Crippen LogP contribution in [0.1, 0.15) is 243 Å². The molecule has 0 amide bonds. The maximum atomic E-state index is 12.6. The van der Waals surface area contributed by atoms with Crippen molar-refractivity contribution < 1.29 is 43.3 Å². The summed E-state index contributed by atoms with van der Waals surface area (Å²) in [6.45, 7) is 21.9. The van der Waals surface area contributed by atoms with Gasteiger partial charge in [-0.25, -0.2) is 0 Å². The highest BCUT2D eigenvalue weighted by Crippen LogP contribution is 2.22. The minimum Gasteiger partial charge on any atom is -0.469 e. The van der Waals surface area contributed by atoms with Crippen LogP contribution in [0.5, 0.6) is 0 Å². The summed E-state index contributed by atoms with van der Waals surface area (Å²) in [4.78, 5) is 55.3. The van der Waals surface area contributed by atoms with Crippen LogP contribution in [0.15, 0.2) is 0 Å². The van der Waals surface area contributed by atoms with Gasteiger partial charge in [0.25, 0.3) is 0 Å². The third kappa shape index (κ3) is 53.7. The molecule has 9 heteroatoms. The fourth-order valence-corrected chi connectivity index (χ4v) is 6.11. The van der Waals surface area contributed by atoms with E-state index in [0.717, 1.165) is 51.4 Å². The predicted octanol–water partition coefficient (Wildman–Crippen LogP) is 13.3. The molecule has 0 aliphatic carbocycles. The number of methoxy groups -OCH3 is 1. The summed E-state index contributed by atoms with van der Waals surface area (Å²) in [5, 5.41) is 10.3. The van der Waals surface area contributed by atoms with E-state index in [4.69, 9.17) is 9.47 Å². The van der Waals surface area contributed by atoms with Gasteiger partial charge in [0.1, 0.15) is 17.7 Å². The number of ketones is 2. The molecular formula is C49H96O9. The van der Waals surface area contributed by atoms with E-state index >= 15 is 0 Å². The third-order valence-electron chi connectivity index (χ3n) is 9.77. The Morgan fingerprint density at radius 3 is 1.33 bits per heavy atom. The van der Waals surface area contributed by atoms with Crippen molar-refractivity contribution in [3.8, 4) is 0 Å². The SMILES string of the molecule is CC(C)=O.CCCCCCCCC(=O)OC.CCCCCCCCC(=O)OCC(CC(=O)OC(CC)C(O)CC(C)C)CC(C)CC.CCCCCCCCC(C)=O. The molecule has 0 aromatic rings. The van der Waals surface area contributed by atoms with Gasteiger partial charge in [0.15, 0.2) is 0 Å². The fourth-order valence-electron chi connectivity index (χ4n) is 6.11. The topological polar surface area (TPSA) is 133 Å². The Balaban J connectivity index is -0.000000437. The van der Waals surface area contributed by atoms with Crippen molar-refractivity contribution in [3.63, 3.8) is 0 Å². The van der Waals surface area contributed by atoms with E-state index in [1.54, 1.807) is 6.92 Å². The lowest BCUT2D eigenvalue weighted by Crippen LogP contribution is -2.33. The summed E-state index contributed by atoms with van der Waals surface area (Å²) in [6, 6.07) is 0. The van der Waals surface area contributed by atoms with Gasteiger partial charge in [-0.15, -0.1) is 0 Å². The smallest absolute Gasteiger partial charge is 0.306 e. The second kappa shape index (κ2) is 47.4. The van der Waals surface area contributed by atoms with Crippen LogP contribution in [0.3, 0.4) is 0 Å². The van der Waals surface area contributed by atoms with E-state index in [9.17, 15) is 29.1 Å². The van der Waals surface area contributed by atoms with Gasteiger partial charge >= 0.3 is 17.9 Å². The number of hydrogen-bond acceptors (Lipinski definition) is 9. The van der Waals surface area contributed by atoms with E-state index in [1.807, 2.05) is 20.8 Å². The molecule has 0 aliphatic heterocycles. The number of unbranched alkanes of at least 4 members (excludes halogenated alkanes) is 15. The Labute approximate surface area is 358 Å². The second-order valence-electron chi connectivity index (χ2n) is 16.9. The first-order chi connectivity index (χ1) is 27.5. The Kier molecular flexibility index (Phi) is 51.0. The van der Waals surface area contributed by atoms with Gasteiger partial charge in [-0.05, 0) is 71.1 Å². The van der Waals surface area contributed by atoms with Crippen molar-refractivity contribution in [2.24, 2.45) is 17.8 Å². The zero-order chi connectivity index (χ0) is 45.0. The minimum absolute atomic E-state index is 0.0456. The molecule has 0 fully saturated rings. The van der Waals surface area contributed by atoms with Crippen LogP contribution in [0.2, 0.25) is 0 Å². The van der Waals surface area contributed by atoms with Crippen molar-refractivity contribution in [3.05, 3.63) is 0 Å². The summed E-state index contributed by atoms with van der Waals surface area (Å²) in [7, 11) is 1.44. The van der Waals surface area contributed by atoms with Crippen molar-refractivity contribution in [1.82, 2.24) is 0 Å². The second-order valence-corrected chi connectivity index (χ2v) is 16.9. The lowest BCUT2D eigenvalue weighted by Gasteiger charge is -2.25. The Hall–Kier alpha value is -2.29. The maximum absolute atomic E-state index is 12.6. The average molecular weight is 829 g/mol. The summed E-state index contributed by atoms with van der Waals surface area (Å²) in [5.41, 5.74) is 0. The molecule has 0 spiro atoms. The van der Waals surface area contributed by atoms with Crippen molar-refractivity contribution in [1.29, 1.82) is 0 Å². The van der Waals surface area contributed by atoms with Crippen LogP contribution in [-0.4, -0.2) is 60.5 Å². The molecule has 0 heterocycles. The lowest BCUT2D eigenvalue weighted by atomic mass is 9.92. The molecule has 0 saturated heterocycles. The Morgan fingerprint density at radius 2 is 0.948 bits per heavy atom. The van der Waals surface area contributed by atoms with Crippen LogP contribution in [-0.2, 0) is 38.2 Å². The molecule has 346 valence electrons. The Bertz CT molecular complexity index is 944. The van der Waals surface area contributed by atoms with Gasteiger partial charge in [-0.3, -0.25) is 14.4 Å². The number of esters is 3. The molecule has 0 aromatic carbocycles. The van der Waals surface area contributed by atoms with Crippen LogP contribution in [0, 0.1) is 17.8 Å². The van der Waals surface area contributed by atoms with Gasteiger partial charge < -0.3 is 28.9 Å². The summed E-state index contributed by atoms with van der Waals surface area (Å²) < 4.78 is 15.6. The standard InChI is InChI=1S/C26H50O5.C10H20O2.C10H20O.C3H6O/c1-7-10-11-12-13-14-15-25(28)30-19-22(17-21(6)8-2)18-26(29)31-24(9-3)23(27)16-20(4)5;1-3-4-5-6-7-8-9-10(11)12-2;1-3-4-5-6-7-8-9-10(2)11;1-3(2)4/h20-24,27H,7-19H2,1-6H3;3-9H2,1-2H3;3-9H2,1-2H3;1-2H3. The number of hydrogen-bond donors (Lipinski definition) is 1. The molecule has 0 rings (SSSR count). The number of aliphatic hydroxyl groups excluding tert-OH is 1. The van der Waals surface area contributed by atoms with E-state index in [1.165, 1.54) is 104 Å². The average Bonchev–Trinajstić information content (AvgIpc) is 3.16. The number of carbonyl (C=O) groups excluding carboxylic acids is 5. The predicted molar refractivity (Wildman–Crippen MR) is 242 cm³/mol. The number of carbonyl (C=O) groups is 5. The molecule has 0 saturated carbocycles. The molecule has 0 radical (unpaired) electrons. The van der Waals surface area contributed by atoms with E-state index in [2.05, 4.69) is 39.4 Å². The summed E-state index contributed by atoms with van der Waals surface area (Å²) in [5.74, 6) is 0.684. The van der Waals surface area contributed by atoms with Gasteiger partial charge in [-0.1, -0.05) is 158 Å². The normalized spacial score (nSPS) is 12.6. The lowest BCUT2D eigenvalue weighted by molar-refractivity contribution is -0.159. The summed E-state index contributed by atoms with van der Waals surface area (Å²) in [6.07, 6.45) is 25.7. The highest BCUT2D eigenvalue weighted by molar-refractivity contribution is 5.75. The quantitative estimate of drug-likeness (QED) is 0.0390. The largest absolute Gasteiger partial charge is 0.469 e. The zero-order valence-corrected chi connectivity index (χ0v) is 40.2. The monoisotopic (exact) mass is 829 g/mol. The van der Waals surface area contributed by atoms with E-state index < -0.39 is 12.2 Å². The summed E-state index contributed by atoms with van der Waals surface area (Å²) >= 11 is 0. The molecular weight excluding hydrogens is 733 g/mol. The van der Waals surface area contributed by atoms with Crippen LogP contribution in [0.25, 0.3) is 0 Å². The highest BCUT2D eigenvalue weighted by atomic mass is 16.6. The molecule has 4 unspecified atom stereocenters. The molecule has 4 atom stereocenters. The van der Waals surface area contributed by atoms with E-state index in [-0.39, 0.29) is 42.6 Å². The van der Waals surface area contributed by atoms with Crippen LogP contribution >= 0.6 is 0 Å². The number of rotatable bonds is 33. The molecule has 1 N–H and O–H groups in total. The van der Waals surface area contributed by atoms with Gasteiger partial charge in [0, 0.05) is 25.2 Å². The first-order valence-corrected chi connectivity index (χ1v) is 23.6. The maximum Gasteiger partial charge on any atom is 0.306 e. The van der Waals surface area contributed by atoms with Gasteiger partial charge in [-0.2, -0.15) is 0 Å². The molecule has 9 nitrogen and oxygen atoms in total. The number of aliphatic hydroxyl groups is 1. The van der Waals surface area contributed by atoms with E-state index in [0.29, 0.717) is 43.3 Å². The number of ether oxygens (including phenoxy) is 3. The van der Waals surface area contributed by atoms with Gasteiger partial charge in [0.05, 0.1) is 26.2 Å².